The Kier molecular flexibility index (Phi) is 2.05. The number of halogens is 1. The van der Waals surface area contributed by atoms with Crippen LogP contribution in [0.1, 0.15) is 17.2 Å². The fraction of sp³-hybridized carbons (Fsp3) is 0.333. The molecular weight excluding hydrogens is 174 g/mol. The number of hydrogen-bond acceptors (Lipinski definition) is 2. The minimum Gasteiger partial charge on any atom is -0.375 e. The standard InChI is InChI=1S/C9H10ClNO/c10-7-3-1-2-6-4-12-5-8(11)9(6)7/h1-3,8H,4-5,11H2/t8-/m0/s1. The number of nitrogens with two attached hydrogens (primary N) is 1. The van der Waals surface area contributed by atoms with Gasteiger partial charge in [0.1, 0.15) is 0 Å². The maximum atomic E-state index is 6.00. The van der Waals surface area contributed by atoms with Gasteiger partial charge in [-0.2, -0.15) is 0 Å². The highest BCUT2D eigenvalue weighted by Crippen LogP contribution is 2.29. The molecule has 0 spiro atoms. The second-order valence-electron chi connectivity index (χ2n) is 2.93. The lowest BCUT2D eigenvalue weighted by Crippen LogP contribution is -2.23. The topological polar surface area (TPSA) is 35.2 Å². The molecule has 64 valence electrons. The molecule has 2 nitrogen and oxygen atoms in total. The summed E-state index contributed by atoms with van der Waals surface area (Å²) in [6.45, 7) is 1.19. The van der Waals surface area contributed by atoms with Gasteiger partial charge in [0.2, 0.25) is 0 Å². The van der Waals surface area contributed by atoms with E-state index in [0.29, 0.717) is 13.2 Å². The van der Waals surface area contributed by atoms with Crippen LogP contribution in [0.5, 0.6) is 0 Å². The summed E-state index contributed by atoms with van der Waals surface area (Å²) in [7, 11) is 0. The van der Waals surface area contributed by atoms with Gasteiger partial charge in [-0.15, -0.1) is 0 Å². The van der Waals surface area contributed by atoms with Gasteiger partial charge in [0.15, 0.2) is 0 Å². The van der Waals surface area contributed by atoms with Crippen LogP contribution < -0.4 is 5.73 Å². The molecule has 3 heteroatoms. The Balaban J connectivity index is 2.53. The van der Waals surface area contributed by atoms with Crippen molar-refractivity contribution in [3.63, 3.8) is 0 Å². The molecule has 1 aliphatic heterocycles. The SMILES string of the molecule is N[C@H]1COCc2cccc(Cl)c21. The monoisotopic (exact) mass is 183 g/mol. The second-order valence-corrected chi connectivity index (χ2v) is 3.34. The number of rotatable bonds is 0. The van der Waals surface area contributed by atoms with E-state index in [2.05, 4.69) is 0 Å². The van der Waals surface area contributed by atoms with Gasteiger partial charge in [-0.3, -0.25) is 0 Å². The summed E-state index contributed by atoms with van der Waals surface area (Å²) in [6.07, 6.45) is 0. The van der Waals surface area contributed by atoms with Crippen LogP contribution in [-0.2, 0) is 11.3 Å². The van der Waals surface area contributed by atoms with Gasteiger partial charge in [0, 0.05) is 5.02 Å². The summed E-state index contributed by atoms with van der Waals surface area (Å²) < 4.78 is 5.28. The Labute approximate surface area is 76.3 Å². The lowest BCUT2D eigenvalue weighted by Gasteiger charge is -2.23. The maximum absolute atomic E-state index is 6.00. The summed E-state index contributed by atoms with van der Waals surface area (Å²) in [5, 5.41) is 0.753. The Hall–Kier alpha value is -0.570. The zero-order valence-electron chi connectivity index (χ0n) is 6.59. The number of benzene rings is 1. The minimum atomic E-state index is -0.0672. The molecule has 2 rings (SSSR count). The first-order valence-electron chi connectivity index (χ1n) is 3.89. The highest BCUT2D eigenvalue weighted by molar-refractivity contribution is 6.31. The molecule has 0 saturated carbocycles. The van der Waals surface area contributed by atoms with E-state index < -0.39 is 0 Å². The molecule has 1 aromatic rings. The zero-order chi connectivity index (χ0) is 8.55. The van der Waals surface area contributed by atoms with E-state index in [1.807, 2.05) is 18.2 Å². The fourth-order valence-corrected chi connectivity index (χ4v) is 1.84. The van der Waals surface area contributed by atoms with Gasteiger partial charge in [-0.05, 0) is 17.2 Å². The molecule has 0 amide bonds. The average Bonchev–Trinajstić information content (AvgIpc) is 2.04. The van der Waals surface area contributed by atoms with Crippen molar-refractivity contribution in [2.75, 3.05) is 6.61 Å². The molecule has 0 aliphatic carbocycles. The molecular formula is C9H10ClNO. The average molecular weight is 184 g/mol. The van der Waals surface area contributed by atoms with Crippen molar-refractivity contribution in [2.45, 2.75) is 12.6 Å². The van der Waals surface area contributed by atoms with Crippen LogP contribution in [0.4, 0.5) is 0 Å². The molecule has 2 N–H and O–H groups in total. The number of ether oxygens (including phenoxy) is 1. The Morgan fingerprint density at radius 1 is 1.50 bits per heavy atom. The van der Waals surface area contributed by atoms with Gasteiger partial charge in [0.05, 0.1) is 19.3 Å². The van der Waals surface area contributed by atoms with E-state index in [1.165, 1.54) is 0 Å². The predicted octanol–water partition coefficient (Wildman–Crippen LogP) is 1.87. The van der Waals surface area contributed by atoms with E-state index >= 15 is 0 Å². The van der Waals surface area contributed by atoms with E-state index in [9.17, 15) is 0 Å². The zero-order valence-corrected chi connectivity index (χ0v) is 7.34. The smallest absolute Gasteiger partial charge is 0.0721 e. The number of hydrogen-bond donors (Lipinski definition) is 1. The fourth-order valence-electron chi connectivity index (χ4n) is 1.50. The van der Waals surface area contributed by atoms with Crippen molar-refractivity contribution < 1.29 is 4.74 Å². The largest absolute Gasteiger partial charge is 0.375 e. The quantitative estimate of drug-likeness (QED) is 0.667. The molecule has 1 aromatic carbocycles. The first-order valence-corrected chi connectivity index (χ1v) is 4.27. The molecule has 0 fully saturated rings. The van der Waals surface area contributed by atoms with Crippen LogP contribution in [0.3, 0.4) is 0 Å². The van der Waals surface area contributed by atoms with Crippen molar-refractivity contribution in [2.24, 2.45) is 5.73 Å². The molecule has 1 aliphatic rings. The highest BCUT2D eigenvalue weighted by atomic mass is 35.5. The minimum absolute atomic E-state index is 0.0672. The van der Waals surface area contributed by atoms with Crippen LogP contribution in [0.2, 0.25) is 5.02 Å². The van der Waals surface area contributed by atoms with Crippen LogP contribution >= 0.6 is 11.6 Å². The third-order valence-electron chi connectivity index (χ3n) is 2.07. The molecule has 0 aromatic heterocycles. The molecule has 12 heavy (non-hydrogen) atoms. The van der Waals surface area contributed by atoms with Gasteiger partial charge < -0.3 is 10.5 Å². The summed E-state index contributed by atoms with van der Waals surface area (Å²) >= 11 is 6.00. The van der Waals surface area contributed by atoms with Crippen LogP contribution in [0.15, 0.2) is 18.2 Å². The van der Waals surface area contributed by atoms with E-state index in [4.69, 9.17) is 22.1 Å². The first-order chi connectivity index (χ1) is 5.79. The normalized spacial score (nSPS) is 22.0. The predicted molar refractivity (Wildman–Crippen MR) is 48.0 cm³/mol. The summed E-state index contributed by atoms with van der Waals surface area (Å²) in [4.78, 5) is 0. The van der Waals surface area contributed by atoms with Gasteiger partial charge in [-0.25, -0.2) is 0 Å². The van der Waals surface area contributed by atoms with Crippen molar-refractivity contribution in [3.05, 3.63) is 34.3 Å². The van der Waals surface area contributed by atoms with E-state index in [0.717, 1.165) is 16.1 Å². The van der Waals surface area contributed by atoms with Gasteiger partial charge in [-0.1, -0.05) is 23.7 Å². The third-order valence-corrected chi connectivity index (χ3v) is 2.40. The Morgan fingerprint density at radius 3 is 3.08 bits per heavy atom. The van der Waals surface area contributed by atoms with Gasteiger partial charge >= 0.3 is 0 Å². The molecule has 0 radical (unpaired) electrons. The van der Waals surface area contributed by atoms with E-state index in [-0.39, 0.29) is 6.04 Å². The van der Waals surface area contributed by atoms with Crippen molar-refractivity contribution in [1.82, 2.24) is 0 Å². The van der Waals surface area contributed by atoms with Crippen LogP contribution in [-0.4, -0.2) is 6.61 Å². The number of fused-ring (bicyclic) bond motifs is 1. The lowest BCUT2D eigenvalue weighted by atomic mass is 10.00. The summed E-state index contributed by atoms with van der Waals surface area (Å²) in [5.41, 5.74) is 8.00. The van der Waals surface area contributed by atoms with Crippen LogP contribution in [0.25, 0.3) is 0 Å². The molecule has 0 saturated heterocycles. The van der Waals surface area contributed by atoms with Gasteiger partial charge in [0.25, 0.3) is 0 Å². The second kappa shape index (κ2) is 3.05. The maximum Gasteiger partial charge on any atom is 0.0721 e. The Morgan fingerprint density at radius 2 is 2.33 bits per heavy atom. The summed E-state index contributed by atoms with van der Waals surface area (Å²) in [6, 6.07) is 5.72. The molecule has 0 unspecified atom stereocenters. The van der Waals surface area contributed by atoms with E-state index in [1.54, 1.807) is 0 Å². The molecule has 0 bridgehead atoms. The third kappa shape index (κ3) is 1.22. The Bertz CT molecular complexity index is 301. The first kappa shape index (κ1) is 8.05. The van der Waals surface area contributed by atoms with Crippen molar-refractivity contribution >= 4 is 11.6 Å². The molecule has 1 heterocycles. The highest BCUT2D eigenvalue weighted by Gasteiger charge is 2.19. The summed E-state index contributed by atoms with van der Waals surface area (Å²) in [5.74, 6) is 0. The van der Waals surface area contributed by atoms with Crippen molar-refractivity contribution in [1.29, 1.82) is 0 Å². The molecule has 1 atom stereocenters. The van der Waals surface area contributed by atoms with Crippen LogP contribution in [0, 0.1) is 0 Å². The lowest BCUT2D eigenvalue weighted by molar-refractivity contribution is 0.0924. The van der Waals surface area contributed by atoms with Crippen molar-refractivity contribution in [3.8, 4) is 0 Å².